The zero-order valence-electron chi connectivity index (χ0n) is 53.9. The van der Waals surface area contributed by atoms with Gasteiger partial charge in [-0.15, -0.1) is 0 Å². The number of aliphatic hydroxyl groups is 13. The molecule has 0 aliphatic carbocycles. The van der Waals surface area contributed by atoms with E-state index in [-0.39, 0.29) is 94.0 Å². The zero-order chi connectivity index (χ0) is 68.9. The normalized spacial score (nSPS) is 19.6. The number of allylic oxidation sites excluding steroid dienone is 16. The predicted octanol–water partition coefficient (Wildman–Crippen LogP) is 4.27. The number of unbranched alkanes of at least 4 members (excludes halogenated alkanes) is 1. The Balaban J connectivity index is 5.13. The van der Waals surface area contributed by atoms with Crippen molar-refractivity contribution in [3.8, 4) is 0 Å². The topological polar surface area (TPSA) is 440 Å². The molecule has 0 saturated heterocycles. The van der Waals surface area contributed by atoms with Gasteiger partial charge in [0.15, 0.2) is 5.96 Å². The maximum Gasteiger partial charge on any atom is 0.397 e. The van der Waals surface area contributed by atoms with Gasteiger partial charge in [-0.1, -0.05) is 174 Å². The van der Waals surface area contributed by atoms with Gasteiger partial charge in [0.1, 0.15) is 6.10 Å². The van der Waals surface area contributed by atoms with E-state index in [2.05, 4.69) is 10.3 Å². The first-order valence-corrected chi connectivity index (χ1v) is 32.7. The Morgan fingerprint density at radius 1 is 0.527 bits per heavy atom. The van der Waals surface area contributed by atoms with Crippen LogP contribution in [-0.4, -0.2) is 201 Å². The molecule has 520 valence electrons. The van der Waals surface area contributed by atoms with Crippen LogP contribution in [0.15, 0.2) is 150 Å². The van der Waals surface area contributed by atoms with Crippen molar-refractivity contribution < 1.29 is 93.4 Å². The molecule has 0 heterocycles. The summed E-state index contributed by atoms with van der Waals surface area (Å²) in [5.41, 5.74) is 10.8. The van der Waals surface area contributed by atoms with Crippen LogP contribution in [0.2, 0.25) is 0 Å². The highest BCUT2D eigenvalue weighted by Gasteiger charge is 2.32. The van der Waals surface area contributed by atoms with Gasteiger partial charge in [0.25, 0.3) is 0 Å². The summed E-state index contributed by atoms with van der Waals surface area (Å²) in [6.07, 6.45) is 23.9. The molecule has 0 fully saturated rings. The minimum absolute atomic E-state index is 0.0212. The van der Waals surface area contributed by atoms with Gasteiger partial charge in [-0.25, -0.2) is 8.98 Å². The largest absolute Gasteiger partial charge is 0.478 e. The van der Waals surface area contributed by atoms with Crippen molar-refractivity contribution >= 4 is 22.3 Å². The number of hydrogen-bond acceptors (Lipinski definition) is 19. The van der Waals surface area contributed by atoms with E-state index in [1.165, 1.54) is 37.3 Å². The summed E-state index contributed by atoms with van der Waals surface area (Å²) in [7, 11) is -4.88. The number of aliphatic hydroxyl groups excluding tert-OH is 13. The first kappa shape index (κ1) is 85.9. The van der Waals surface area contributed by atoms with Crippen molar-refractivity contribution in [3.63, 3.8) is 0 Å². The minimum Gasteiger partial charge on any atom is -0.478 e. The summed E-state index contributed by atoms with van der Waals surface area (Å²) < 4.78 is 38.8. The average Bonchev–Trinajstić information content (AvgIpc) is 2.98. The van der Waals surface area contributed by atoms with Crippen molar-refractivity contribution in [1.82, 2.24) is 5.32 Å². The SMILES string of the molecule is C\C(=C/C=C/C=C/CC/C=C/C(C)C(O)C(C)C(O)/C=C/C=C/C=C/C=C/C=C/C=C/CC(OS(=O)(=O)O)C(C)C(CC(O)CC(O)/C=C/CC(O)CC(O)CC(O)/C=C/CC(O)CC(O)C(O)C(O)CC(O)CC(O)CCCN=C(N)N)NCC(C)C)C(=O)O. The summed E-state index contributed by atoms with van der Waals surface area (Å²) in [6, 6.07) is -0.526. The lowest BCUT2D eigenvalue weighted by Gasteiger charge is -2.32. The Hall–Kier alpha value is -5.07. The second-order valence-corrected chi connectivity index (χ2v) is 24.7. The lowest BCUT2D eigenvalue weighted by Crippen LogP contribution is -2.45. The lowest BCUT2D eigenvalue weighted by molar-refractivity contribution is -0.132. The molecular formula is C67H112N4O19S. The van der Waals surface area contributed by atoms with Crippen molar-refractivity contribution in [2.24, 2.45) is 40.1 Å². The fraction of sp³-hybridized carbons (Fsp3) is 0.612. The summed E-state index contributed by atoms with van der Waals surface area (Å²) in [4.78, 5) is 14.6. The molecule has 0 amide bonds. The molecule has 0 aliphatic heterocycles. The van der Waals surface area contributed by atoms with Gasteiger partial charge < -0.3 is 88.3 Å². The van der Waals surface area contributed by atoms with Crippen LogP contribution in [0.5, 0.6) is 0 Å². The number of carboxylic acids is 1. The predicted molar refractivity (Wildman–Crippen MR) is 356 cm³/mol. The molecule has 0 radical (unpaired) electrons. The van der Waals surface area contributed by atoms with E-state index in [1.807, 2.05) is 45.1 Å². The third-order valence-electron chi connectivity index (χ3n) is 14.6. The number of nitrogens with zero attached hydrogens (tertiary/aromatic N) is 1. The number of aliphatic carboxylic acids is 1. The van der Waals surface area contributed by atoms with Gasteiger partial charge in [0, 0.05) is 55.7 Å². The molecule has 24 heteroatoms. The van der Waals surface area contributed by atoms with Gasteiger partial charge in [-0.3, -0.25) is 9.55 Å². The highest BCUT2D eigenvalue weighted by molar-refractivity contribution is 7.80. The van der Waals surface area contributed by atoms with Crippen LogP contribution < -0.4 is 16.8 Å². The fourth-order valence-electron chi connectivity index (χ4n) is 9.24. The highest BCUT2D eigenvalue weighted by Crippen LogP contribution is 2.24. The summed E-state index contributed by atoms with van der Waals surface area (Å²) in [5.74, 6) is -2.04. The third kappa shape index (κ3) is 46.6. The lowest BCUT2D eigenvalue weighted by atomic mass is 9.88. The summed E-state index contributed by atoms with van der Waals surface area (Å²) in [5, 5.41) is 149. The van der Waals surface area contributed by atoms with E-state index in [1.54, 1.807) is 98.9 Å². The molecule has 18 atom stereocenters. The molecule has 0 aromatic rings. The minimum atomic E-state index is -4.88. The first-order chi connectivity index (χ1) is 42.8. The maximum absolute atomic E-state index is 12.0. The van der Waals surface area contributed by atoms with Crippen LogP contribution in [0.1, 0.15) is 131 Å². The molecule has 0 bridgehead atoms. The first-order valence-electron chi connectivity index (χ1n) is 31.4. The molecule has 0 spiro atoms. The summed E-state index contributed by atoms with van der Waals surface area (Å²) >= 11 is 0. The van der Waals surface area contributed by atoms with Crippen LogP contribution >= 0.6 is 0 Å². The van der Waals surface area contributed by atoms with Crippen LogP contribution in [0, 0.1) is 23.7 Å². The van der Waals surface area contributed by atoms with Crippen molar-refractivity contribution in [2.45, 2.75) is 223 Å². The third-order valence-corrected chi connectivity index (χ3v) is 15.1. The Morgan fingerprint density at radius 2 is 1.01 bits per heavy atom. The van der Waals surface area contributed by atoms with Crippen molar-refractivity contribution in [3.05, 3.63) is 145 Å². The fourth-order valence-corrected chi connectivity index (χ4v) is 9.81. The highest BCUT2D eigenvalue weighted by atomic mass is 32.3. The Bertz CT molecular complexity index is 2470. The van der Waals surface area contributed by atoms with Gasteiger partial charge in [0.05, 0.1) is 79.4 Å². The van der Waals surface area contributed by atoms with Crippen molar-refractivity contribution in [1.29, 1.82) is 0 Å². The van der Waals surface area contributed by atoms with Crippen LogP contribution in [0.4, 0.5) is 0 Å². The van der Waals surface area contributed by atoms with Crippen LogP contribution in [0.25, 0.3) is 0 Å². The zero-order valence-corrected chi connectivity index (χ0v) is 54.7. The van der Waals surface area contributed by atoms with Crippen LogP contribution in [-0.2, 0) is 19.4 Å². The molecule has 23 nitrogen and oxygen atoms in total. The molecule has 91 heavy (non-hydrogen) atoms. The van der Waals surface area contributed by atoms with Gasteiger partial charge in [-0.2, -0.15) is 8.42 Å². The molecule has 0 rings (SSSR count). The average molecular weight is 1310 g/mol. The monoisotopic (exact) mass is 1310 g/mol. The van der Waals surface area contributed by atoms with Gasteiger partial charge in [-0.05, 0) is 89.5 Å². The molecule has 0 aromatic carbocycles. The number of carbonyl (C=O) groups is 1. The van der Waals surface area contributed by atoms with E-state index in [9.17, 15) is 84.1 Å². The maximum atomic E-state index is 12.0. The van der Waals surface area contributed by atoms with Gasteiger partial charge >= 0.3 is 16.4 Å². The number of guanidine groups is 1. The second-order valence-electron chi connectivity index (χ2n) is 23.7. The van der Waals surface area contributed by atoms with E-state index in [4.69, 9.17) is 20.8 Å². The molecule has 18 unspecified atom stereocenters. The molecule has 20 N–H and O–H groups in total. The number of nitrogens with two attached hydrogens (primary N) is 2. The standard InChI is InChI=1S/C67H112N4O19S/c1-46(2)45-71-59(42-57(78)40-53(74)31-25-30-51(72)38-56(77)39-52(73)32-26-33-55(76)43-61(81)65(84)62(82)44-58(79)41-54(75)34-27-37-70-67(68)69)49(5)63(90-91(87,88)89)36-24-20-16-11-9-7-8-10-15-19-23-35-60(80)50(6)64(83)47(3)28-21-17-13-12-14-18-22-29-48(4)66(85)86/h7-12,14-16,18-26,28-29,31-32,35,46-47,49-65,71-84H,13,17,27,30,33-34,36-45H2,1-6H3,(H,85,86)(H4,68,69,70)(H,87,88,89)/b9-7+,10-8+,14-12+,16-11+,19-15+,22-18+,24-20+,28-21+,31-25+,32-26+,35-23+,48-29+. The number of aliphatic imine (C=N–C) groups is 1. The van der Waals surface area contributed by atoms with E-state index < -0.39 is 120 Å². The molecule has 0 aromatic heterocycles. The number of nitrogens with one attached hydrogen (secondary N) is 1. The van der Waals surface area contributed by atoms with E-state index in [0.29, 0.717) is 19.5 Å². The number of carboxylic acid groups (broad SMARTS) is 1. The molecule has 0 saturated carbocycles. The Kier molecular flexibility index (Phi) is 47.6. The molecular weight excluding hydrogens is 1200 g/mol. The van der Waals surface area contributed by atoms with Crippen molar-refractivity contribution in [2.75, 3.05) is 13.1 Å². The number of rotatable bonds is 51. The van der Waals surface area contributed by atoms with E-state index >= 15 is 0 Å². The quantitative estimate of drug-likeness (QED) is 0.00769. The smallest absolute Gasteiger partial charge is 0.397 e. The van der Waals surface area contributed by atoms with Crippen LogP contribution in [0.3, 0.4) is 0 Å². The van der Waals surface area contributed by atoms with Gasteiger partial charge in [0.2, 0.25) is 0 Å². The summed E-state index contributed by atoms with van der Waals surface area (Å²) in [6.45, 7) is 11.7. The van der Waals surface area contributed by atoms with E-state index in [0.717, 1.165) is 12.8 Å². The molecule has 0 aliphatic rings. The Labute approximate surface area is 540 Å². The Morgan fingerprint density at radius 3 is 1.56 bits per heavy atom. The number of hydrogen-bond donors (Lipinski definition) is 18. The second kappa shape index (κ2) is 50.4.